The van der Waals surface area contributed by atoms with E-state index in [0.29, 0.717) is 19.3 Å². The molecule has 2 aliphatic rings. The molecule has 0 aromatic carbocycles. The van der Waals surface area contributed by atoms with Gasteiger partial charge in [0.15, 0.2) is 0 Å². The first-order valence-corrected chi connectivity index (χ1v) is 10.7. The number of rotatable bonds is 6. The molecule has 0 atom stereocenters. The standard InChI is InChI=1S/C18H24N6O2S/c1-18(4-5-19)9-14(10-18)27(25,26)23-12-7-13(8-12)24(2)17-15-3-6-20-16(15)21-11-22-17/h3,6,11-14,23H,4,7-10H2,1-2H3,(H,20,21,22). The van der Waals surface area contributed by atoms with Gasteiger partial charge in [0, 0.05) is 31.7 Å². The van der Waals surface area contributed by atoms with E-state index in [1.165, 1.54) is 0 Å². The van der Waals surface area contributed by atoms with Crippen molar-refractivity contribution in [3.05, 3.63) is 18.6 Å². The maximum atomic E-state index is 12.6. The van der Waals surface area contributed by atoms with E-state index in [2.05, 4.69) is 30.6 Å². The van der Waals surface area contributed by atoms with Crippen LogP contribution in [0.3, 0.4) is 0 Å². The van der Waals surface area contributed by atoms with Gasteiger partial charge in [-0.3, -0.25) is 0 Å². The van der Waals surface area contributed by atoms with Crippen LogP contribution in [0.25, 0.3) is 11.0 Å². The summed E-state index contributed by atoms with van der Waals surface area (Å²) in [6.07, 6.45) is 6.45. The van der Waals surface area contributed by atoms with Gasteiger partial charge in [0.05, 0.1) is 16.7 Å². The molecule has 0 aliphatic heterocycles. The van der Waals surface area contributed by atoms with Gasteiger partial charge in [-0.25, -0.2) is 23.1 Å². The van der Waals surface area contributed by atoms with Gasteiger partial charge < -0.3 is 9.88 Å². The highest BCUT2D eigenvalue weighted by Gasteiger charge is 2.48. The second kappa shape index (κ2) is 6.46. The van der Waals surface area contributed by atoms with Crippen LogP contribution in [0.1, 0.15) is 39.0 Å². The van der Waals surface area contributed by atoms with E-state index in [4.69, 9.17) is 5.26 Å². The molecule has 9 heteroatoms. The Morgan fingerprint density at radius 2 is 2.15 bits per heavy atom. The summed E-state index contributed by atoms with van der Waals surface area (Å²) in [6.45, 7) is 1.99. The van der Waals surface area contributed by atoms with Crippen LogP contribution in [-0.2, 0) is 10.0 Å². The second-order valence-corrected chi connectivity index (χ2v) is 10.2. The van der Waals surface area contributed by atoms with E-state index < -0.39 is 10.0 Å². The van der Waals surface area contributed by atoms with Crippen LogP contribution in [-0.4, -0.2) is 47.8 Å². The van der Waals surface area contributed by atoms with Crippen LogP contribution in [0.2, 0.25) is 0 Å². The topological polar surface area (TPSA) is 115 Å². The SMILES string of the molecule is CN(c1ncnc2[nH]ccc12)C1CC(NS(=O)(=O)C2CC(C)(CC#N)C2)C1. The molecule has 2 heterocycles. The lowest BCUT2D eigenvalue weighted by atomic mass is 9.68. The van der Waals surface area contributed by atoms with Crippen LogP contribution < -0.4 is 9.62 Å². The Labute approximate surface area is 159 Å². The summed E-state index contributed by atoms with van der Waals surface area (Å²) in [5, 5.41) is 9.45. The normalized spacial score (nSPS) is 30.3. The number of nitrogens with zero attached hydrogens (tertiary/aromatic N) is 4. The van der Waals surface area contributed by atoms with Crippen LogP contribution in [0.4, 0.5) is 5.82 Å². The fourth-order valence-electron chi connectivity index (χ4n) is 4.24. The molecule has 2 aromatic heterocycles. The van der Waals surface area contributed by atoms with Crippen LogP contribution in [0.5, 0.6) is 0 Å². The van der Waals surface area contributed by atoms with Crippen molar-refractivity contribution in [2.75, 3.05) is 11.9 Å². The van der Waals surface area contributed by atoms with E-state index >= 15 is 0 Å². The highest BCUT2D eigenvalue weighted by Crippen LogP contribution is 2.46. The third-order valence-electron chi connectivity index (χ3n) is 6.04. The summed E-state index contributed by atoms with van der Waals surface area (Å²) in [6, 6.07) is 4.32. The molecule has 2 fully saturated rings. The van der Waals surface area contributed by atoms with Gasteiger partial charge in [0.2, 0.25) is 10.0 Å². The highest BCUT2D eigenvalue weighted by atomic mass is 32.2. The molecule has 2 saturated carbocycles. The third kappa shape index (κ3) is 3.28. The smallest absolute Gasteiger partial charge is 0.214 e. The molecule has 8 nitrogen and oxygen atoms in total. The van der Waals surface area contributed by atoms with E-state index in [1.807, 2.05) is 26.2 Å². The Kier molecular flexibility index (Phi) is 4.35. The molecular formula is C18H24N6O2S. The largest absolute Gasteiger partial charge is 0.356 e. The minimum Gasteiger partial charge on any atom is -0.356 e. The zero-order chi connectivity index (χ0) is 19.2. The lowest BCUT2D eigenvalue weighted by Gasteiger charge is -2.46. The Bertz CT molecular complexity index is 983. The summed E-state index contributed by atoms with van der Waals surface area (Å²) in [7, 11) is -1.33. The summed E-state index contributed by atoms with van der Waals surface area (Å²) < 4.78 is 28.0. The van der Waals surface area contributed by atoms with Crippen molar-refractivity contribution in [2.24, 2.45) is 5.41 Å². The number of hydrogen-bond donors (Lipinski definition) is 2. The van der Waals surface area contributed by atoms with E-state index in [9.17, 15) is 8.42 Å². The van der Waals surface area contributed by atoms with Gasteiger partial charge in [-0.05, 0) is 37.2 Å². The molecule has 0 unspecified atom stereocenters. The van der Waals surface area contributed by atoms with Crippen molar-refractivity contribution in [2.45, 2.75) is 56.4 Å². The maximum Gasteiger partial charge on any atom is 0.214 e. The number of fused-ring (bicyclic) bond motifs is 1. The predicted molar refractivity (Wildman–Crippen MR) is 103 cm³/mol. The molecule has 2 N–H and O–H groups in total. The van der Waals surface area contributed by atoms with Crippen LogP contribution in [0, 0.1) is 16.7 Å². The number of sulfonamides is 1. The fraction of sp³-hybridized carbons (Fsp3) is 0.611. The van der Waals surface area contributed by atoms with E-state index in [0.717, 1.165) is 29.7 Å². The highest BCUT2D eigenvalue weighted by molar-refractivity contribution is 7.90. The second-order valence-electron chi connectivity index (χ2n) is 8.21. The number of hydrogen-bond acceptors (Lipinski definition) is 6. The first-order valence-electron chi connectivity index (χ1n) is 9.20. The summed E-state index contributed by atoms with van der Waals surface area (Å²) >= 11 is 0. The Morgan fingerprint density at radius 3 is 2.85 bits per heavy atom. The van der Waals surface area contributed by atoms with Gasteiger partial charge >= 0.3 is 0 Å². The minimum absolute atomic E-state index is 0.0335. The van der Waals surface area contributed by atoms with Crippen molar-refractivity contribution in [3.8, 4) is 6.07 Å². The van der Waals surface area contributed by atoms with Crippen molar-refractivity contribution in [1.29, 1.82) is 5.26 Å². The molecule has 0 bridgehead atoms. The van der Waals surface area contributed by atoms with E-state index in [1.54, 1.807) is 6.33 Å². The average molecular weight is 388 g/mol. The molecule has 27 heavy (non-hydrogen) atoms. The molecule has 144 valence electrons. The number of aromatic amines is 1. The Morgan fingerprint density at radius 1 is 1.41 bits per heavy atom. The number of nitriles is 1. The van der Waals surface area contributed by atoms with Gasteiger partial charge in [0.25, 0.3) is 0 Å². The number of H-pyrrole nitrogens is 1. The molecule has 2 aromatic rings. The molecule has 0 radical (unpaired) electrons. The average Bonchev–Trinajstić information content (AvgIpc) is 3.03. The van der Waals surface area contributed by atoms with Crippen molar-refractivity contribution >= 4 is 26.9 Å². The van der Waals surface area contributed by atoms with Crippen molar-refractivity contribution < 1.29 is 8.42 Å². The number of anilines is 1. The van der Waals surface area contributed by atoms with Gasteiger partial charge in [-0.2, -0.15) is 5.26 Å². The van der Waals surface area contributed by atoms with Crippen LogP contribution >= 0.6 is 0 Å². The lowest BCUT2D eigenvalue weighted by molar-refractivity contribution is 0.169. The zero-order valence-corrected chi connectivity index (χ0v) is 16.3. The minimum atomic E-state index is -3.32. The Balaban J connectivity index is 1.33. The van der Waals surface area contributed by atoms with E-state index in [-0.39, 0.29) is 22.7 Å². The monoisotopic (exact) mass is 388 g/mol. The summed E-state index contributed by atoms with van der Waals surface area (Å²) in [5.74, 6) is 0.860. The predicted octanol–water partition coefficient (Wildman–Crippen LogP) is 1.93. The molecule has 0 amide bonds. The maximum absolute atomic E-state index is 12.6. The molecule has 0 spiro atoms. The quantitative estimate of drug-likeness (QED) is 0.781. The third-order valence-corrected chi connectivity index (χ3v) is 7.92. The molecular weight excluding hydrogens is 364 g/mol. The molecule has 4 rings (SSSR count). The van der Waals surface area contributed by atoms with Crippen LogP contribution in [0.15, 0.2) is 18.6 Å². The lowest BCUT2D eigenvalue weighted by Crippen LogP contribution is -2.56. The first kappa shape index (κ1) is 18.2. The zero-order valence-electron chi connectivity index (χ0n) is 15.5. The van der Waals surface area contributed by atoms with Gasteiger partial charge in [-0.15, -0.1) is 0 Å². The first-order chi connectivity index (χ1) is 12.8. The van der Waals surface area contributed by atoms with Gasteiger partial charge in [0.1, 0.15) is 17.8 Å². The summed E-state index contributed by atoms with van der Waals surface area (Å²) in [5.41, 5.74) is 0.652. The molecule has 0 saturated heterocycles. The fourth-order valence-corrected chi connectivity index (χ4v) is 6.33. The number of aromatic nitrogens is 3. The van der Waals surface area contributed by atoms with Crippen molar-refractivity contribution in [1.82, 2.24) is 19.7 Å². The molecule has 2 aliphatic carbocycles. The van der Waals surface area contributed by atoms with Gasteiger partial charge in [-0.1, -0.05) is 6.92 Å². The summed E-state index contributed by atoms with van der Waals surface area (Å²) in [4.78, 5) is 13.8. The van der Waals surface area contributed by atoms with Crippen molar-refractivity contribution in [3.63, 3.8) is 0 Å². The Hall–Kier alpha value is -2.18. The number of nitrogens with one attached hydrogen (secondary N) is 2.